The van der Waals surface area contributed by atoms with Gasteiger partial charge in [-0.15, -0.1) is 0 Å². The van der Waals surface area contributed by atoms with Gasteiger partial charge in [-0.2, -0.15) is 10.4 Å². The lowest BCUT2D eigenvalue weighted by Gasteiger charge is -2.12. The molecule has 1 N–H and O–H groups in total. The van der Waals surface area contributed by atoms with Gasteiger partial charge < -0.3 is 5.32 Å². The summed E-state index contributed by atoms with van der Waals surface area (Å²) in [5, 5.41) is 16.8. The first-order chi connectivity index (χ1) is 13.9. The van der Waals surface area contributed by atoms with E-state index in [0.29, 0.717) is 22.0 Å². The zero-order valence-corrected chi connectivity index (χ0v) is 17.3. The number of aromatic nitrogens is 2. The first-order valence-corrected chi connectivity index (χ1v) is 9.89. The van der Waals surface area contributed by atoms with Crippen LogP contribution in [-0.4, -0.2) is 15.7 Å². The van der Waals surface area contributed by atoms with Crippen LogP contribution >= 0.6 is 23.4 Å². The van der Waals surface area contributed by atoms with Crippen molar-refractivity contribution in [3.05, 3.63) is 80.7 Å². The molecule has 3 rings (SSSR count). The summed E-state index contributed by atoms with van der Waals surface area (Å²) in [5.41, 5.74) is 1.11. The number of para-hydroxylation sites is 1. The molecule has 6 nitrogen and oxygen atoms in total. The molecule has 0 aliphatic heterocycles. The minimum absolute atomic E-state index is 0.00370. The van der Waals surface area contributed by atoms with E-state index >= 15 is 0 Å². The molecule has 0 fully saturated rings. The summed E-state index contributed by atoms with van der Waals surface area (Å²) in [6.07, 6.45) is 0. The van der Waals surface area contributed by atoms with Crippen molar-refractivity contribution in [2.45, 2.75) is 30.2 Å². The highest BCUT2D eigenvalue weighted by Crippen LogP contribution is 2.33. The maximum Gasteiger partial charge on any atom is 0.285 e. The molecule has 0 spiro atoms. The Bertz CT molecular complexity index is 1170. The van der Waals surface area contributed by atoms with Crippen LogP contribution in [0.3, 0.4) is 0 Å². The molecule has 146 valence electrons. The van der Waals surface area contributed by atoms with Crippen molar-refractivity contribution in [3.8, 4) is 6.07 Å². The molecule has 29 heavy (non-hydrogen) atoms. The smallest absolute Gasteiger partial charge is 0.285 e. The summed E-state index contributed by atoms with van der Waals surface area (Å²) < 4.78 is 1.02. The number of aryl methyl sites for hydroxylation is 1. The number of nitrogens with one attached hydrogen (secondary N) is 1. The third-order valence-electron chi connectivity index (χ3n) is 4.24. The summed E-state index contributed by atoms with van der Waals surface area (Å²) >= 11 is 7.41. The fourth-order valence-electron chi connectivity index (χ4n) is 2.62. The second-order valence-electron chi connectivity index (χ2n) is 6.26. The van der Waals surface area contributed by atoms with E-state index in [1.54, 1.807) is 32.0 Å². The summed E-state index contributed by atoms with van der Waals surface area (Å²) in [7, 11) is 0. The van der Waals surface area contributed by atoms with Gasteiger partial charge in [-0.1, -0.05) is 35.5 Å². The second-order valence-corrected chi connectivity index (χ2v) is 7.81. The van der Waals surface area contributed by atoms with E-state index in [-0.39, 0.29) is 12.1 Å². The van der Waals surface area contributed by atoms with Gasteiger partial charge in [0.2, 0.25) is 5.91 Å². The number of benzene rings is 2. The number of carbonyl (C=O) groups excluding carboxylic acids is 1. The zero-order chi connectivity index (χ0) is 21.0. The molecule has 2 aromatic carbocycles. The van der Waals surface area contributed by atoms with Crippen LogP contribution in [0, 0.1) is 25.2 Å². The Labute approximate surface area is 177 Å². The average Bonchev–Trinajstić information content (AvgIpc) is 2.70. The van der Waals surface area contributed by atoms with Crippen LogP contribution in [0.15, 0.2) is 63.1 Å². The summed E-state index contributed by atoms with van der Waals surface area (Å²) in [4.78, 5) is 26.8. The largest absolute Gasteiger partial charge is 0.323 e. The lowest BCUT2D eigenvalue weighted by Crippen LogP contribution is -2.32. The van der Waals surface area contributed by atoms with Gasteiger partial charge in [0.25, 0.3) is 5.56 Å². The highest BCUT2D eigenvalue weighted by Gasteiger charge is 2.15. The molecule has 0 atom stereocenters. The first-order valence-electron chi connectivity index (χ1n) is 8.69. The molecule has 1 heterocycles. The van der Waals surface area contributed by atoms with Gasteiger partial charge in [0.15, 0.2) is 0 Å². The zero-order valence-electron chi connectivity index (χ0n) is 15.8. The quantitative estimate of drug-likeness (QED) is 0.663. The fourth-order valence-corrected chi connectivity index (χ4v) is 3.65. The van der Waals surface area contributed by atoms with Gasteiger partial charge in [-0.25, -0.2) is 4.68 Å². The summed E-state index contributed by atoms with van der Waals surface area (Å²) in [6, 6.07) is 16.7. The third kappa shape index (κ3) is 4.86. The lowest BCUT2D eigenvalue weighted by molar-refractivity contribution is -0.117. The molecule has 0 bridgehead atoms. The maximum absolute atomic E-state index is 12.6. The number of anilines is 1. The SMILES string of the molecule is Cc1nn(CC(=O)Nc2ccccc2Sc2ccc(Cl)cc2)c(=O)c(C#N)c1C. The minimum atomic E-state index is -0.574. The standard InChI is InChI=1S/C21H17ClN4O2S/c1-13-14(2)25-26(21(28)17(13)11-23)12-20(27)24-18-5-3-4-6-19(18)29-16-9-7-15(22)8-10-16/h3-10H,12H2,1-2H3,(H,24,27). The molecule has 0 saturated carbocycles. The van der Waals surface area contributed by atoms with Crippen molar-refractivity contribution in [1.82, 2.24) is 9.78 Å². The Morgan fingerprint density at radius 2 is 1.90 bits per heavy atom. The van der Waals surface area contributed by atoms with Crippen LogP contribution in [0.5, 0.6) is 0 Å². The summed E-state index contributed by atoms with van der Waals surface area (Å²) in [5.74, 6) is -0.407. The molecule has 0 saturated heterocycles. The van der Waals surface area contributed by atoms with Gasteiger partial charge in [-0.3, -0.25) is 9.59 Å². The third-order valence-corrected chi connectivity index (χ3v) is 5.58. The van der Waals surface area contributed by atoms with Crippen molar-refractivity contribution in [2.75, 3.05) is 5.32 Å². The molecule has 0 aliphatic carbocycles. The lowest BCUT2D eigenvalue weighted by atomic mass is 10.1. The Morgan fingerprint density at radius 1 is 1.21 bits per heavy atom. The molecule has 8 heteroatoms. The predicted molar refractivity (Wildman–Crippen MR) is 113 cm³/mol. The number of hydrogen-bond acceptors (Lipinski definition) is 5. The van der Waals surface area contributed by atoms with Gasteiger partial charge in [0.1, 0.15) is 18.2 Å². The van der Waals surface area contributed by atoms with E-state index in [1.807, 2.05) is 36.4 Å². The Balaban J connectivity index is 1.80. The molecule has 1 aromatic heterocycles. The number of nitriles is 1. The monoisotopic (exact) mass is 424 g/mol. The number of rotatable bonds is 5. The van der Waals surface area contributed by atoms with Crippen molar-refractivity contribution >= 4 is 35.0 Å². The van der Waals surface area contributed by atoms with Crippen molar-refractivity contribution in [3.63, 3.8) is 0 Å². The second kappa shape index (κ2) is 8.95. The Kier molecular flexibility index (Phi) is 6.37. The molecule has 0 radical (unpaired) electrons. The summed E-state index contributed by atoms with van der Waals surface area (Å²) in [6.45, 7) is 3.08. The highest BCUT2D eigenvalue weighted by molar-refractivity contribution is 7.99. The number of halogens is 1. The van der Waals surface area contributed by atoms with Gasteiger partial charge in [0.05, 0.1) is 11.4 Å². The number of carbonyl (C=O) groups is 1. The fraction of sp³-hybridized carbons (Fsp3) is 0.143. The number of amides is 1. The van der Waals surface area contributed by atoms with E-state index in [4.69, 9.17) is 11.6 Å². The normalized spacial score (nSPS) is 10.4. The van der Waals surface area contributed by atoms with Crippen LogP contribution in [-0.2, 0) is 11.3 Å². The highest BCUT2D eigenvalue weighted by atomic mass is 35.5. The van der Waals surface area contributed by atoms with E-state index in [9.17, 15) is 14.9 Å². The maximum atomic E-state index is 12.6. The molecule has 0 aliphatic rings. The van der Waals surface area contributed by atoms with Crippen molar-refractivity contribution < 1.29 is 4.79 Å². The van der Waals surface area contributed by atoms with E-state index in [0.717, 1.165) is 14.5 Å². The van der Waals surface area contributed by atoms with E-state index < -0.39 is 11.5 Å². The predicted octanol–water partition coefficient (Wildman–Crippen LogP) is 4.18. The molecular formula is C21H17ClN4O2S. The Morgan fingerprint density at radius 3 is 2.59 bits per heavy atom. The van der Waals surface area contributed by atoms with Gasteiger partial charge in [0, 0.05) is 14.8 Å². The van der Waals surface area contributed by atoms with Crippen LogP contribution in [0.2, 0.25) is 5.02 Å². The molecule has 0 unspecified atom stereocenters. The van der Waals surface area contributed by atoms with E-state index in [2.05, 4.69) is 10.4 Å². The Hall–Kier alpha value is -3.08. The average molecular weight is 425 g/mol. The molecule has 3 aromatic rings. The van der Waals surface area contributed by atoms with Crippen LogP contribution in [0.4, 0.5) is 5.69 Å². The van der Waals surface area contributed by atoms with E-state index in [1.165, 1.54) is 11.8 Å². The van der Waals surface area contributed by atoms with Crippen molar-refractivity contribution in [2.24, 2.45) is 0 Å². The molecule has 1 amide bonds. The first kappa shape index (κ1) is 20.6. The number of nitrogens with zero attached hydrogens (tertiary/aromatic N) is 3. The minimum Gasteiger partial charge on any atom is -0.323 e. The van der Waals surface area contributed by atoms with Crippen LogP contribution in [0.25, 0.3) is 0 Å². The van der Waals surface area contributed by atoms with Gasteiger partial charge in [-0.05, 0) is 55.8 Å². The van der Waals surface area contributed by atoms with Crippen LogP contribution < -0.4 is 10.9 Å². The van der Waals surface area contributed by atoms with Gasteiger partial charge >= 0.3 is 0 Å². The molecular weight excluding hydrogens is 408 g/mol. The topological polar surface area (TPSA) is 87.8 Å². The van der Waals surface area contributed by atoms with Crippen molar-refractivity contribution in [1.29, 1.82) is 5.26 Å². The van der Waals surface area contributed by atoms with Crippen LogP contribution in [0.1, 0.15) is 16.8 Å². The number of hydrogen-bond donors (Lipinski definition) is 1.